The Balaban J connectivity index is 0.00000256. The third kappa shape index (κ3) is 4.48. The number of halogens is 1. The van der Waals surface area contributed by atoms with Gasteiger partial charge in [0.05, 0.1) is 12.2 Å². The van der Waals surface area contributed by atoms with Crippen LogP contribution in [-0.4, -0.2) is 22.6 Å². The van der Waals surface area contributed by atoms with Crippen LogP contribution < -0.4 is 5.32 Å². The van der Waals surface area contributed by atoms with Gasteiger partial charge < -0.3 is 10.4 Å². The molecule has 17 heavy (non-hydrogen) atoms. The van der Waals surface area contributed by atoms with Crippen LogP contribution in [0.15, 0.2) is 18.2 Å². The summed E-state index contributed by atoms with van der Waals surface area (Å²) < 4.78 is 0. The van der Waals surface area contributed by atoms with Gasteiger partial charge in [0.2, 0.25) is 6.04 Å². The standard InChI is InChI=1S/C11H16N2O3.ClH/c1-3-9-4-5-10(11(14)6-9)12-7-8(2)13(15)16;/h4-6,8,12,14H,3,7H2,1-2H3;1H. The van der Waals surface area contributed by atoms with Gasteiger partial charge in [-0.15, -0.1) is 12.4 Å². The third-order valence-corrected chi connectivity index (χ3v) is 2.42. The number of benzene rings is 1. The summed E-state index contributed by atoms with van der Waals surface area (Å²) in [6, 6.07) is 4.61. The highest BCUT2D eigenvalue weighted by Crippen LogP contribution is 2.24. The Morgan fingerprint density at radius 3 is 2.65 bits per heavy atom. The van der Waals surface area contributed by atoms with E-state index in [1.165, 1.54) is 6.92 Å². The van der Waals surface area contributed by atoms with Gasteiger partial charge >= 0.3 is 0 Å². The van der Waals surface area contributed by atoms with Crippen LogP contribution in [0.2, 0.25) is 0 Å². The number of nitro groups is 1. The van der Waals surface area contributed by atoms with Crippen molar-refractivity contribution in [1.82, 2.24) is 0 Å². The summed E-state index contributed by atoms with van der Waals surface area (Å²) in [6.07, 6.45) is 0.846. The molecule has 0 aliphatic heterocycles. The van der Waals surface area contributed by atoms with Gasteiger partial charge in [-0.3, -0.25) is 10.1 Å². The highest BCUT2D eigenvalue weighted by molar-refractivity contribution is 5.85. The Labute approximate surface area is 106 Å². The van der Waals surface area contributed by atoms with Crippen LogP contribution in [0, 0.1) is 10.1 Å². The number of nitrogens with zero attached hydrogens (tertiary/aromatic N) is 1. The molecule has 0 saturated carbocycles. The number of hydrogen-bond acceptors (Lipinski definition) is 4. The second-order valence-electron chi connectivity index (χ2n) is 3.72. The van der Waals surface area contributed by atoms with Crippen LogP contribution in [0.25, 0.3) is 0 Å². The molecule has 1 rings (SSSR count). The number of nitrogens with one attached hydrogen (secondary N) is 1. The molecule has 0 bridgehead atoms. The van der Waals surface area contributed by atoms with E-state index in [4.69, 9.17) is 0 Å². The van der Waals surface area contributed by atoms with Crippen molar-refractivity contribution in [2.75, 3.05) is 11.9 Å². The Hall–Kier alpha value is -1.49. The van der Waals surface area contributed by atoms with E-state index in [0.717, 1.165) is 12.0 Å². The van der Waals surface area contributed by atoms with Crippen molar-refractivity contribution in [3.63, 3.8) is 0 Å². The Kier molecular flexibility index (Phi) is 6.35. The summed E-state index contributed by atoms with van der Waals surface area (Å²) >= 11 is 0. The summed E-state index contributed by atoms with van der Waals surface area (Å²) in [5, 5.41) is 22.9. The molecule has 0 aliphatic carbocycles. The van der Waals surface area contributed by atoms with Crippen LogP contribution in [0.1, 0.15) is 19.4 Å². The number of aromatic hydroxyl groups is 1. The Morgan fingerprint density at radius 1 is 1.53 bits per heavy atom. The fourth-order valence-corrected chi connectivity index (χ4v) is 1.28. The fourth-order valence-electron chi connectivity index (χ4n) is 1.28. The van der Waals surface area contributed by atoms with Gasteiger partial charge in [0.15, 0.2) is 0 Å². The van der Waals surface area contributed by atoms with E-state index in [1.54, 1.807) is 12.1 Å². The number of hydrogen-bond donors (Lipinski definition) is 2. The number of rotatable bonds is 5. The first-order valence-electron chi connectivity index (χ1n) is 5.23. The molecule has 0 fully saturated rings. The number of phenolic OH excluding ortho intramolecular Hbond substituents is 1. The summed E-state index contributed by atoms with van der Waals surface area (Å²) in [6.45, 7) is 3.72. The van der Waals surface area contributed by atoms with Crippen LogP contribution in [0.3, 0.4) is 0 Å². The van der Waals surface area contributed by atoms with Crippen molar-refractivity contribution in [2.24, 2.45) is 0 Å². The van der Waals surface area contributed by atoms with Gasteiger partial charge in [-0.2, -0.15) is 0 Å². The van der Waals surface area contributed by atoms with E-state index >= 15 is 0 Å². The zero-order valence-corrected chi connectivity index (χ0v) is 10.7. The molecular weight excluding hydrogens is 244 g/mol. The normalized spacial score (nSPS) is 11.4. The van der Waals surface area contributed by atoms with E-state index in [9.17, 15) is 15.2 Å². The van der Waals surface area contributed by atoms with E-state index in [1.807, 2.05) is 13.0 Å². The average Bonchev–Trinajstić information content (AvgIpc) is 2.26. The highest BCUT2D eigenvalue weighted by atomic mass is 35.5. The predicted octanol–water partition coefficient (Wildman–Crippen LogP) is 2.45. The molecule has 1 unspecified atom stereocenters. The maximum atomic E-state index is 10.4. The average molecular weight is 261 g/mol. The van der Waals surface area contributed by atoms with Crippen molar-refractivity contribution in [2.45, 2.75) is 26.3 Å². The predicted molar refractivity (Wildman–Crippen MR) is 69.7 cm³/mol. The quantitative estimate of drug-likeness (QED) is 0.484. The summed E-state index contributed by atoms with van der Waals surface area (Å²) in [4.78, 5) is 10.1. The Bertz CT molecular complexity index is 385. The lowest BCUT2D eigenvalue weighted by Gasteiger charge is -2.10. The van der Waals surface area contributed by atoms with Crippen LogP contribution in [-0.2, 0) is 6.42 Å². The van der Waals surface area contributed by atoms with Crippen molar-refractivity contribution in [3.8, 4) is 5.75 Å². The number of aryl methyl sites for hydroxylation is 1. The van der Waals surface area contributed by atoms with Crippen molar-refractivity contribution >= 4 is 18.1 Å². The van der Waals surface area contributed by atoms with E-state index in [-0.39, 0.29) is 29.6 Å². The monoisotopic (exact) mass is 260 g/mol. The lowest BCUT2D eigenvalue weighted by Crippen LogP contribution is -2.24. The van der Waals surface area contributed by atoms with E-state index < -0.39 is 6.04 Å². The second-order valence-corrected chi connectivity index (χ2v) is 3.72. The minimum Gasteiger partial charge on any atom is -0.506 e. The van der Waals surface area contributed by atoms with Gasteiger partial charge in [0.1, 0.15) is 5.75 Å². The lowest BCUT2D eigenvalue weighted by atomic mass is 10.1. The molecule has 1 atom stereocenters. The first kappa shape index (κ1) is 15.5. The summed E-state index contributed by atoms with van der Waals surface area (Å²) in [7, 11) is 0. The van der Waals surface area contributed by atoms with Crippen molar-refractivity contribution < 1.29 is 10.0 Å². The maximum absolute atomic E-state index is 10.4. The number of anilines is 1. The highest BCUT2D eigenvalue weighted by Gasteiger charge is 2.12. The summed E-state index contributed by atoms with van der Waals surface area (Å²) in [5.41, 5.74) is 1.57. The molecule has 0 saturated heterocycles. The number of phenols is 1. The molecular formula is C11H17ClN2O3. The van der Waals surface area contributed by atoms with E-state index in [2.05, 4.69) is 5.32 Å². The zero-order valence-electron chi connectivity index (χ0n) is 9.84. The largest absolute Gasteiger partial charge is 0.506 e. The fraction of sp³-hybridized carbons (Fsp3) is 0.455. The van der Waals surface area contributed by atoms with Crippen LogP contribution in [0.5, 0.6) is 5.75 Å². The molecule has 96 valence electrons. The smallest absolute Gasteiger partial charge is 0.227 e. The van der Waals surface area contributed by atoms with Crippen LogP contribution >= 0.6 is 12.4 Å². The first-order chi connectivity index (χ1) is 7.54. The van der Waals surface area contributed by atoms with Crippen molar-refractivity contribution in [3.05, 3.63) is 33.9 Å². The minimum absolute atomic E-state index is 0. The molecule has 0 amide bonds. The molecule has 6 heteroatoms. The summed E-state index contributed by atoms with van der Waals surface area (Å²) in [5.74, 6) is 0.134. The third-order valence-electron chi connectivity index (χ3n) is 2.42. The molecule has 1 aromatic carbocycles. The van der Waals surface area contributed by atoms with Gasteiger partial charge in [0, 0.05) is 11.8 Å². The minimum atomic E-state index is -0.676. The Morgan fingerprint density at radius 2 is 2.18 bits per heavy atom. The molecule has 1 aromatic rings. The molecule has 5 nitrogen and oxygen atoms in total. The van der Waals surface area contributed by atoms with Gasteiger partial charge in [0.25, 0.3) is 0 Å². The lowest BCUT2D eigenvalue weighted by molar-refractivity contribution is -0.514. The molecule has 0 heterocycles. The molecule has 0 aromatic heterocycles. The van der Waals surface area contributed by atoms with E-state index in [0.29, 0.717) is 5.69 Å². The van der Waals surface area contributed by atoms with Crippen LogP contribution in [0.4, 0.5) is 5.69 Å². The topological polar surface area (TPSA) is 75.4 Å². The zero-order chi connectivity index (χ0) is 12.1. The maximum Gasteiger partial charge on any atom is 0.227 e. The molecule has 2 N–H and O–H groups in total. The van der Waals surface area contributed by atoms with Gasteiger partial charge in [-0.1, -0.05) is 13.0 Å². The molecule has 0 aliphatic rings. The second kappa shape index (κ2) is 6.96. The van der Waals surface area contributed by atoms with Crippen molar-refractivity contribution in [1.29, 1.82) is 0 Å². The van der Waals surface area contributed by atoms with Gasteiger partial charge in [-0.05, 0) is 24.1 Å². The molecule has 0 spiro atoms. The first-order valence-corrected chi connectivity index (χ1v) is 5.23. The van der Waals surface area contributed by atoms with Gasteiger partial charge in [-0.25, -0.2) is 0 Å². The SMILES string of the molecule is CCc1ccc(NCC(C)[N+](=O)[O-])c(O)c1.Cl. The molecule has 0 radical (unpaired) electrons.